The summed E-state index contributed by atoms with van der Waals surface area (Å²) >= 11 is 0. The first-order valence-corrected chi connectivity index (χ1v) is 10.7. The highest BCUT2D eigenvalue weighted by Crippen LogP contribution is 2.28. The summed E-state index contributed by atoms with van der Waals surface area (Å²) in [5.74, 6) is 3.33. The van der Waals surface area contributed by atoms with Crippen molar-refractivity contribution in [3.63, 3.8) is 0 Å². The molecule has 0 spiro atoms. The molecular formula is C23H31IN6O3. The van der Waals surface area contributed by atoms with E-state index in [1.807, 2.05) is 37.3 Å². The number of hydrogen-bond donors (Lipinski definition) is 2. The highest BCUT2D eigenvalue weighted by Gasteiger charge is 2.10. The summed E-state index contributed by atoms with van der Waals surface area (Å²) in [4.78, 5) is 12.9. The van der Waals surface area contributed by atoms with E-state index in [1.165, 1.54) is 5.56 Å². The summed E-state index contributed by atoms with van der Waals surface area (Å²) < 4.78 is 16.3. The molecule has 0 saturated heterocycles. The predicted molar refractivity (Wildman–Crippen MR) is 138 cm³/mol. The molecular weight excluding hydrogens is 535 g/mol. The molecule has 0 aliphatic rings. The summed E-state index contributed by atoms with van der Waals surface area (Å²) in [5.41, 5.74) is 1.88. The monoisotopic (exact) mass is 566 g/mol. The van der Waals surface area contributed by atoms with Crippen LogP contribution in [0.15, 0.2) is 52.1 Å². The van der Waals surface area contributed by atoms with E-state index in [2.05, 4.69) is 36.8 Å². The van der Waals surface area contributed by atoms with Gasteiger partial charge in [0.2, 0.25) is 0 Å². The van der Waals surface area contributed by atoms with Crippen LogP contribution < -0.4 is 20.1 Å². The molecule has 3 rings (SSSR count). The van der Waals surface area contributed by atoms with Crippen LogP contribution in [0.1, 0.15) is 24.7 Å². The van der Waals surface area contributed by atoms with Gasteiger partial charge in [0.25, 0.3) is 5.89 Å². The summed E-state index contributed by atoms with van der Waals surface area (Å²) in [7, 11) is 3.40. The second kappa shape index (κ2) is 14.3. The highest BCUT2D eigenvalue weighted by molar-refractivity contribution is 14.0. The van der Waals surface area contributed by atoms with Gasteiger partial charge in [-0.15, -0.1) is 24.0 Å². The first-order chi connectivity index (χ1) is 15.7. The zero-order valence-corrected chi connectivity index (χ0v) is 21.5. The minimum Gasteiger partial charge on any atom is -0.493 e. The third-order valence-corrected chi connectivity index (χ3v) is 4.68. The molecule has 2 N–H and O–H groups in total. The van der Waals surface area contributed by atoms with E-state index in [4.69, 9.17) is 14.0 Å². The minimum atomic E-state index is 0. The van der Waals surface area contributed by atoms with Crippen LogP contribution in [0.2, 0.25) is 0 Å². The molecule has 0 bridgehead atoms. The molecule has 2 heterocycles. The number of methoxy groups -OCH3 is 1. The van der Waals surface area contributed by atoms with E-state index < -0.39 is 0 Å². The van der Waals surface area contributed by atoms with Crippen LogP contribution in [0, 0.1) is 0 Å². The molecule has 0 atom stereocenters. The molecule has 0 fully saturated rings. The Morgan fingerprint density at radius 2 is 1.94 bits per heavy atom. The first kappa shape index (κ1) is 26.4. The number of pyridine rings is 1. The SMILES string of the molecule is CCOc1cc(CCCNC(=NC)NCCc2noc(-c3ccccn3)n2)ccc1OC.I. The Morgan fingerprint density at radius 1 is 1.09 bits per heavy atom. The molecule has 9 nitrogen and oxygen atoms in total. The van der Waals surface area contributed by atoms with Crippen LogP contribution >= 0.6 is 24.0 Å². The van der Waals surface area contributed by atoms with Crippen molar-refractivity contribution in [1.29, 1.82) is 0 Å². The van der Waals surface area contributed by atoms with Gasteiger partial charge in [0, 0.05) is 32.8 Å². The van der Waals surface area contributed by atoms with Gasteiger partial charge in [0.05, 0.1) is 13.7 Å². The number of nitrogens with zero attached hydrogens (tertiary/aromatic N) is 4. The van der Waals surface area contributed by atoms with E-state index in [-0.39, 0.29) is 24.0 Å². The van der Waals surface area contributed by atoms with Crippen LogP contribution in [-0.4, -0.2) is 54.9 Å². The van der Waals surface area contributed by atoms with Crippen molar-refractivity contribution < 1.29 is 14.0 Å². The smallest absolute Gasteiger partial charge is 0.276 e. The lowest BCUT2D eigenvalue weighted by Gasteiger charge is -2.12. The molecule has 3 aromatic rings. The fourth-order valence-electron chi connectivity index (χ4n) is 3.11. The summed E-state index contributed by atoms with van der Waals surface area (Å²) in [5, 5.41) is 10.6. The average Bonchev–Trinajstić information content (AvgIpc) is 3.30. The molecule has 0 radical (unpaired) electrons. The summed E-state index contributed by atoms with van der Waals surface area (Å²) in [6.45, 7) is 4.00. The molecule has 0 aliphatic carbocycles. The fourth-order valence-corrected chi connectivity index (χ4v) is 3.11. The molecule has 178 valence electrons. The van der Waals surface area contributed by atoms with Crippen molar-refractivity contribution in [1.82, 2.24) is 25.8 Å². The van der Waals surface area contributed by atoms with Gasteiger partial charge in [-0.3, -0.25) is 9.98 Å². The third kappa shape index (κ3) is 8.19. The van der Waals surface area contributed by atoms with Crippen LogP contribution in [-0.2, 0) is 12.8 Å². The summed E-state index contributed by atoms with van der Waals surface area (Å²) in [6.07, 6.45) is 4.19. The van der Waals surface area contributed by atoms with Crippen molar-refractivity contribution >= 4 is 29.9 Å². The fraction of sp³-hybridized carbons (Fsp3) is 0.391. The standard InChI is InChI=1S/C23H30N6O3.HI/c1-4-31-20-16-17(10-11-19(20)30-3)8-7-14-26-23(24-2)27-15-12-21-28-22(32-29-21)18-9-5-6-13-25-18;/h5-6,9-11,13,16H,4,7-8,12,14-15H2,1-3H3,(H2,24,26,27);1H. The quantitative estimate of drug-likeness (QED) is 0.157. The lowest BCUT2D eigenvalue weighted by Crippen LogP contribution is -2.38. The lowest BCUT2D eigenvalue weighted by molar-refractivity contribution is 0.310. The maximum Gasteiger partial charge on any atom is 0.276 e. The average molecular weight is 566 g/mol. The van der Waals surface area contributed by atoms with Gasteiger partial charge >= 0.3 is 0 Å². The molecule has 0 amide bonds. The van der Waals surface area contributed by atoms with Gasteiger partial charge in [0.1, 0.15) is 5.69 Å². The van der Waals surface area contributed by atoms with Crippen LogP contribution in [0.25, 0.3) is 11.6 Å². The van der Waals surface area contributed by atoms with Crippen molar-refractivity contribution in [2.24, 2.45) is 4.99 Å². The van der Waals surface area contributed by atoms with Gasteiger partial charge in [-0.25, -0.2) is 0 Å². The number of aliphatic imine (C=N–C) groups is 1. The molecule has 10 heteroatoms. The number of ether oxygens (including phenoxy) is 2. The van der Waals surface area contributed by atoms with Crippen LogP contribution in [0.3, 0.4) is 0 Å². The Labute approximate surface area is 211 Å². The normalized spacial score (nSPS) is 10.9. The van der Waals surface area contributed by atoms with E-state index in [0.29, 0.717) is 37.0 Å². The van der Waals surface area contributed by atoms with E-state index >= 15 is 0 Å². The Kier molecular flexibility index (Phi) is 11.4. The third-order valence-electron chi connectivity index (χ3n) is 4.68. The number of aromatic nitrogens is 3. The number of nitrogens with one attached hydrogen (secondary N) is 2. The predicted octanol–water partition coefficient (Wildman–Crippen LogP) is 3.50. The Morgan fingerprint density at radius 3 is 2.67 bits per heavy atom. The van der Waals surface area contributed by atoms with Crippen molar-refractivity contribution in [3.8, 4) is 23.1 Å². The van der Waals surface area contributed by atoms with Crippen LogP contribution in [0.5, 0.6) is 11.5 Å². The number of aryl methyl sites for hydroxylation is 1. The topological polar surface area (TPSA) is 107 Å². The molecule has 0 unspecified atom stereocenters. The van der Waals surface area contributed by atoms with E-state index in [9.17, 15) is 0 Å². The Bertz CT molecular complexity index is 997. The molecule has 0 saturated carbocycles. The molecule has 0 aliphatic heterocycles. The largest absolute Gasteiger partial charge is 0.493 e. The van der Waals surface area contributed by atoms with Crippen molar-refractivity contribution in [2.75, 3.05) is 33.9 Å². The molecule has 1 aromatic carbocycles. The molecule has 33 heavy (non-hydrogen) atoms. The van der Waals surface area contributed by atoms with Gasteiger partial charge in [-0.05, 0) is 49.6 Å². The minimum absolute atomic E-state index is 0. The number of rotatable bonds is 11. The van der Waals surface area contributed by atoms with Crippen LogP contribution in [0.4, 0.5) is 0 Å². The van der Waals surface area contributed by atoms with Gasteiger partial charge in [-0.1, -0.05) is 17.3 Å². The zero-order valence-electron chi connectivity index (χ0n) is 19.2. The van der Waals surface area contributed by atoms with E-state index in [0.717, 1.165) is 36.8 Å². The lowest BCUT2D eigenvalue weighted by atomic mass is 10.1. The maximum atomic E-state index is 5.65. The van der Waals surface area contributed by atoms with Crippen molar-refractivity contribution in [3.05, 3.63) is 54.0 Å². The highest BCUT2D eigenvalue weighted by atomic mass is 127. The van der Waals surface area contributed by atoms with E-state index in [1.54, 1.807) is 20.4 Å². The number of hydrogen-bond acceptors (Lipinski definition) is 7. The number of halogens is 1. The summed E-state index contributed by atoms with van der Waals surface area (Å²) in [6, 6.07) is 11.6. The number of guanidine groups is 1. The first-order valence-electron chi connectivity index (χ1n) is 10.7. The Balaban J connectivity index is 0.00000385. The van der Waals surface area contributed by atoms with Crippen molar-refractivity contribution in [2.45, 2.75) is 26.2 Å². The van der Waals surface area contributed by atoms with Gasteiger partial charge in [0.15, 0.2) is 23.3 Å². The molecule has 2 aromatic heterocycles. The zero-order chi connectivity index (χ0) is 22.6. The Hall–Kier alpha value is -2.89. The maximum absolute atomic E-state index is 5.65. The van der Waals surface area contributed by atoms with Gasteiger partial charge in [-0.2, -0.15) is 4.98 Å². The van der Waals surface area contributed by atoms with Gasteiger partial charge < -0.3 is 24.6 Å². The second-order valence-electron chi connectivity index (χ2n) is 6.93. The number of benzene rings is 1. The second-order valence-corrected chi connectivity index (χ2v) is 6.93.